The van der Waals surface area contributed by atoms with Gasteiger partial charge in [0.25, 0.3) is 5.69 Å². The van der Waals surface area contributed by atoms with Gasteiger partial charge < -0.3 is 19.8 Å². The molecule has 0 saturated carbocycles. The van der Waals surface area contributed by atoms with Crippen molar-refractivity contribution in [3.63, 3.8) is 0 Å². The van der Waals surface area contributed by atoms with E-state index in [-0.39, 0.29) is 28.7 Å². The quantitative estimate of drug-likeness (QED) is 0.572. The number of anilines is 1. The van der Waals surface area contributed by atoms with Crippen molar-refractivity contribution in [2.24, 2.45) is 0 Å². The second kappa shape index (κ2) is 7.95. The van der Waals surface area contributed by atoms with E-state index < -0.39 is 16.9 Å². The van der Waals surface area contributed by atoms with Crippen LogP contribution in [-0.4, -0.2) is 46.3 Å². The minimum atomic E-state index is -1.22. The third kappa shape index (κ3) is 4.37. The van der Waals surface area contributed by atoms with E-state index >= 15 is 0 Å². The van der Waals surface area contributed by atoms with E-state index in [4.69, 9.17) is 14.9 Å². The van der Waals surface area contributed by atoms with Crippen molar-refractivity contribution in [1.82, 2.24) is 0 Å². The maximum absolute atomic E-state index is 11.2. The van der Waals surface area contributed by atoms with Gasteiger partial charge in [-0.2, -0.15) is 0 Å². The summed E-state index contributed by atoms with van der Waals surface area (Å²) in [5.74, 6) is -2.23. The monoisotopic (exact) mass is 386 g/mol. The lowest BCUT2D eigenvalue weighted by atomic mass is 10.1. The fraction of sp³-hybridized carbons (Fsp3) is 0.263. The number of non-ortho nitro benzene ring substituents is 1. The average Bonchev–Trinajstić information content (AvgIpc) is 2.68. The number of benzene rings is 2. The van der Waals surface area contributed by atoms with E-state index in [0.29, 0.717) is 25.9 Å². The van der Waals surface area contributed by atoms with Gasteiger partial charge in [0.15, 0.2) is 0 Å². The Morgan fingerprint density at radius 3 is 2.00 bits per heavy atom. The molecule has 0 spiro atoms. The second-order valence-electron chi connectivity index (χ2n) is 6.43. The Morgan fingerprint density at radius 2 is 1.54 bits per heavy atom. The molecule has 1 aliphatic heterocycles. The summed E-state index contributed by atoms with van der Waals surface area (Å²) < 4.78 is 5.83. The molecule has 9 nitrogen and oxygen atoms in total. The third-order valence-corrected chi connectivity index (χ3v) is 4.57. The molecule has 1 saturated heterocycles. The molecule has 1 fully saturated rings. The van der Waals surface area contributed by atoms with Crippen LogP contribution in [0.5, 0.6) is 5.75 Å². The lowest BCUT2D eigenvalue weighted by molar-refractivity contribution is -0.384. The normalized spacial score (nSPS) is 14.5. The largest absolute Gasteiger partial charge is 0.490 e. The highest BCUT2D eigenvalue weighted by atomic mass is 16.6. The van der Waals surface area contributed by atoms with Crippen LogP contribution in [0, 0.1) is 10.1 Å². The van der Waals surface area contributed by atoms with Crippen molar-refractivity contribution >= 4 is 23.3 Å². The molecule has 2 N–H and O–H groups in total. The number of carbonyl (C=O) groups is 2. The van der Waals surface area contributed by atoms with Gasteiger partial charge in [-0.3, -0.25) is 10.1 Å². The lowest BCUT2D eigenvalue weighted by Gasteiger charge is -2.33. The number of rotatable bonds is 6. The summed E-state index contributed by atoms with van der Waals surface area (Å²) >= 11 is 0. The van der Waals surface area contributed by atoms with E-state index in [1.807, 2.05) is 0 Å². The molecule has 0 bridgehead atoms. The number of aromatic carboxylic acids is 2. The first kappa shape index (κ1) is 19.2. The molecule has 0 aliphatic carbocycles. The van der Waals surface area contributed by atoms with Crippen molar-refractivity contribution in [2.75, 3.05) is 18.0 Å². The van der Waals surface area contributed by atoms with Crippen LogP contribution in [0.1, 0.15) is 33.6 Å². The fourth-order valence-corrected chi connectivity index (χ4v) is 3.12. The van der Waals surface area contributed by atoms with Crippen LogP contribution in [0.2, 0.25) is 0 Å². The Morgan fingerprint density at radius 1 is 1.00 bits per heavy atom. The van der Waals surface area contributed by atoms with E-state index in [1.54, 1.807) is 12.1 Å². The van der Waals surface area contributed by atoms with Crippen molar-refractivity contribution in [3.05, 3.63) is 63.7 Å². The van der Waals surface area contributed by atoms with Crippen LogP contribution in [0.4, 0.5) is 11.4 Å². The SMILES string of the molecule is O=C(O)c1cc(OC2CCN(c3ccc([N+](=O)[O-])cc3)CC2)cc(C(=O)O)c1. The zero-order chi connectivity index (χ0) is 20.3. The average molecular weight is 386 g/mol. The van der Waals surface area contributed by atoms with Gasteiger partial charge >= 0.3 is 11.9 Å². The minimum absolute atomic E-state index is 0.0366. The number of nitro groups is 1. The van der Waals surface area contributed by atoms with Crippen LogP contribution < -0.4 is 9.64 Å². The van der Waals surface area contributed by atoms with Crippen molar-refractivity contribution in [3.8, 4) is 5.75 Å². The van der Waals surface area contributed by atoms with Crippen LogP contribution in [0.15, 0.2) is 42.5 Å². The fourth-order valence-electron chi connectivity index (χ4n) is 3.12. The molecule has 0 amide bonds. The lowest BCUT2D eigenvalue weighted by Crippen LogP contribution is -2.38. The van der Waals surface area contributed by atoms with Gasteiger partial charge in [0.05, 0.1) is 16.1 Å². The van der Waals surface area contributed by atoms with Gasteiger partial charge in [0.1, 0.15) is 11.9 Å². The molecule has 28 heavy (non-hydrogen) atoms. The van der Waals surface area contributed by atoms with E-state index in [2.05, 4.69) is 4.90 Å². The molecule has 9 heteroatoms. The van der Waals surface area contributed by atoms with Crippen LogP contribution in [-0.2, 0) is 0 Å². The predicted octanol–water partition coefficient (Wildman–Crippen LogP) is 3.04. The molecule has 146 valence electrons. The summed E-state index contributed by atoms with van der Waals surface area (Å²) in [4.78, 5) is 34.8. The van der Waals surface area contributed by atoms with Crippen molar-refractivity contribution < 1.29 is 29.5 Å². The summed E-state index contributed by atoms with van der Waals surface area (Å²) in [5, 5.41) is 29.0. The Labute approximate surface area is 159 Å². The number of carboxylic acids is 2. The van der Waals surface area contributed by atoms with E-state index in [0.717, 1.165) is 11.8 Å². The zero-order valence-corrected chi connectivity index (χ0v) is 14.8. The number of nitro benzene ring substituents is 1. The topological polar surface area (TPSA) is 130 Å². The molecular weight excluding hydrogens is 368 g/mol. The molecule has 2 aromatic carbocycles. The minimum Gasteiger partial charge on any atom is -0.490 e. The third-order valence-electron chi connectivity index (χ3n) is 4.57. The zero-order valence-electron chi connectivity index (χ0n) is 14.8. The van der Waals surface area contributed by atoms with E-state index in [1.165, 1.54) is 24.3 Å². The summed E-state index contributed by atoms with van der Waals surface area (Å²) in [6.45, 7) is 1.32. The summed E-state index contributed by atoms with van der Waals surface area (Å²) in [6.07, 6.45) is 1.12. The number of nitrogens with zero attached hydrogens (tertiary/aromatic N) is 2. The van der Waals surface area contributed by atoms with Crippen molar-refractivity contribution in [1.29, 1.82) is 0 Å². The van der Waals surface area contributed by atoms with Crippen LogP contribution in [0.25, 0.3) is 0 Å². The first-order valence-corrected chi connectivity index (χ1v) is 8.61. The van der Waals surface area contributed by atoms with Gasteiger partial charge in [-0.1, -0.05) is 0 Å². The predicted molar refractivity (Wildman–Crippen MR) is 99.3 cm³/mol. The van der Waals surface area contributed by atoms with Crippen molar-refractivity contribution in [2.45, 2.75) is 18.9 Å². The molecular formula is C19H18N2O7. The molecule has 0 radical (unpaired) electrons. The van der Waals surface area contributed by atoms with Gasteiger partial charge in [-0.15, -0.1) is 0 Å². The smallest absolute Gasteiger partial charge is 0.335 e. The molecule has 0 atom stereocenters. The highest BCUT2D eigenvalue weighted by Crippen LogP contribution is 2.26. The van der Waals surface area contributed by atoms with Gasteiger partial charge in [-0.05, 0) is 30.3 Å². The van der Waals surface area contributed by atoms with Gasteiger partial charge in [-0.25, -0.2) is 9.59 Å². The molecule has 0 aromatic heterocycles. The summed E-state index contributed by atoms with van der Waals surface area (Å²) in [7, 11) is 0. The first-order chi connectivity index (χ1) is 13.3. The first-order valence-electron chi connectivity index (χ1n) is 8.61. The highest BCUT2D eigenvalue weighted by molar-refractivity contribution is 5.94. The number of ether oxygens (including phenoxy) is 1. The Balaban J connectivity index is 1.65. The van der Waals surface area contributed by atoms with Crippen LogP contribution in [0.3, 0.4) is 0 Å². The molecule has 3 rings (SSSR count). The van der Waals surface area contributed by atoms with Gasteiger partial charge in [0, 0.05) is 43.8 Å². The molecule has 1 heterocycles. The second-order valence-corrected chi connectivity index (χ2v) is 6.43. The molecule has 1 aliphatic rings. The Kier molecular flexibility index (Phi) is 5.44. The highest BCUT2D eigenvalue weighted by Gasteiger charge is 2.22. The molecule has 0 unspecified atom stereocenters. The Bertz CT molecular complexity index is 871. The molecule has 2 aromatic rings. The maximum Gasteiger partial charge on any atom is 0.335 e. The summed E-state index contributed by atoms with van der Waals surface area (Å²) in [6, 6.07) is 10.1. The summed E-state index contributed by atoms with van der Waals surface area (Å²) in [5.41, 5.74) is 0.635. The Hall–Kier alpha value is -3.62. The van der Waals surface area contributed by atoms with E-state index in [9.17, 15) is 19.7 Å². The number of hydrogen-bond donors (Lipinski definition) is 2. The van der Waals surface area contributed by atoms with Gasteiger partial charge in [0.2, 0.25) is 0 Å². The standard InChI is InChI=1S/C19H18N2O7/c22-18(23)12-9-13(19(24)25)11-17(10-12)28-16-5-7-20(8-6-16)14-1-3-15(4-2-14)21(26)27/h1-4,9-11,16H,5-8H2,(H,22,23)(H,24,25). The number of piperidine rings is 1. The van der Waals surface area contributed by atoms with Crippen LogP contribution >= 0.6 is 0 Å². The number of hydrogen-bond acceptors (Lipinski definition) is 6. The number of carboxylic acid groups (broad SMARTS) is 2. The maximum atomic E-state index is 11.2.